The fourth-order valence-corrected chi connectivity index (χ4v) is 4.07. The first-order valence-corrected chi connectivity index (χ1v) is 10.6. The van der Waals surface area contributed by atoms with Gasteiger partial charge in [-0.15, -0.1) is 0 Å². The summed E-state index contributed by atoms with van der Waals surface area (Å²) in [5, 5.41) is 3.75. The first-order chi connectivity index (χ1) is 14.0. The lowest BCUT2D eigenvalue weighted by Gasteiger charge is -2.34. The number of hydrogen-bond donors (Lipinski definition) is 1. The number of aryl methyl sites for hydroxylation is 1. The van der Waals surface area contributed by atoms with Gasteiger partial charge >= 0.3 is 5.97 Å². The molecule has 0 saturated heterocycles. The molecule has 3 aromatic rings. The highest BCUT2D eigenvalue weighted by Gasteiger charge is 2.28. The van der Waals surface area contributed by atoms with Crippen molar-refractivity contribution in [1.82, 2.24) is 9.38 Å². The summed E-state index contributed by atoms with van der Waals surface area (Å²) in [4.78, 5) is 16.7. The molecule has 0 aliphatic carbocycles. The fourth-order valence-electron chi connectivity index (χ4n) is 4.07. The van der Waals surface area contributed by atoms with Crippen LogP contribution in [0.1, 0.15) is 59.9 Å². The zero-order valence-corrected chi connectivity index (χ0v) is 19.2. The van der Waals surface area contributed by atoms with E-state index in [-0.39, 0.29) is 16.9 Å². The minimum Gasteiger partial charge on any atom is -0.427 e. The zero-order valence-electron chi connectivity index (χ0n) is 19.2. The van der Waals surface area contributed by atoms with Gasteiger partial charge < -0.3 is 10.1 Å². The number of esters is 1. The average molecular weight is 408 g/mol. The van der Waals surface area contributed by atoms with Crippen LogP contribution in [0.15, 0.2) is 42.6 Å². The molecule has 0 amide bonds. The van der Waals surface area contributed by atoms with Crippen LogP contribution in [0.25, 0.3) is 16.9 Å². The van der Waals surface area contributed by atoms with Crippen LogP contribution in [0.4, 0.5) is 5.82 Å². The molecule has 0 spiro atoms. The quantitative estimate of drug-likeness (QED) is 0.387. The number of carbonyl (C=O) groups is 1. The van der Waals surface area contributed by atoms with Crippen LogP contribution >= 0.6 is 0 Å². The second-order valence-corrected chi connectivity index (χ2v) is 9.84. The van der Waals surface area contributed by atoms with Crippen molar-refractivity contribution in [3.8, 4) is 17.0 Å². The van der Waals surface area contributed by atoms with Crippen LogP contribution in [-0.2, 0) is 4.79 Å². The van der Waals surface area contributed by atoms with Crippen LogP contribution in [0.5, 0.6) is 5.75 Å². The second-order valence-electron chi connectivity index (χ2n) is 9.84. The molecule has 3 rings (SSSR count). The number of nitrogens with one attached hydrogen (secondary N) is 1. The Kier molecular flexibility index (Phi) is 5.93. The van der Waals surface area contributed by atoms with E-state index in [9.17, 15) is 4.79 Å². The molecule has 2 heterocycles. The van der Waals surface area contributed by atoms with Crippen LogP contribution < -0.4 is 10.1 Å². The molecule has 0 radical (unpaired) electrons. The second kappa shape index (κ2) is 8.13. The van der Waals surface area contributed by atoms with Gasteiger partial charge in [-0.3, -0.25) is 9.20 Å². The summed E-state index contributed by atoms with van der Waals surface area (Å²) in [6.07, 6.45) is 3.38. The molecule has 2 aromatic heterocycles. The maximum absolute atomic E-state index is 11.7. The van der Waals surface area contributed by atoms with Crippen molar-refractivity contribution in [3.05, 3.63) is 48.2 Å². The van der Waals surface area contributed by atoms with Crippen molar-refractivity contribution < 1.29 is 9.53 Å². The predicted molar refractivity (Wildman–Crippen MR) is 123 cm³/mol. The lowest BCUT2D eigenvalue weighted by molar-refractivity contribution is -0.134. The molecule has 0 aliphatic rings. The molecule has 1 N–H and O–H groups in total. The largest absolute Gasteiger partial charge is 0.427 e. The van der Waals surface area contributed by atoms with E-state index in [0.29, 0.717) is 12.2 Å². The molecule has 0 atom stereocenters. The number of anilines is 1. The fraction of sp³-hybridized carbons (Fsp3) is 0.440. The molecular weight excluding hydrogens is 374 g/mol. The maximum atomic E-state index is 11.7. The van der Waals surface area contributed by atoms with E-state index in [4.69, 9.17) is 9.72 Å². The first kappa shape index (κ1) is 21.9. The van der Waals surface area contributed by atoms with Gasteiger partial charge in [-0.2, -0.15) is 0 Å². The smallest absolute Gasteiger partial charge is 0.310 e. The summed E-state index contributed by atoms with van der Waals surface area (Å²) < 4.78 is 7.53. The van der Waals surface area contributed by atoms with Crippen molar-refractivity contribution in [2.24, 2.45) is 5.41 Å². The van der Waals surface area contributed by atoms with Crippen LogP contribution in [0, 0.1) is 12.3 Å². The first-order valence-electron chi connectivity index (χ1n) is 10.6. The Balaban J connectivity index is 2.10. The summed E-state index contributed by atoms with van der Waals surface area (Å²) in [6.45, 7) is 15.0. The lowest BCUT2D eigenvalue weighted by atomic mass is 9.82. The molecular formula is C25H33N3O2. The summed E-state index contributed by atoms with van der Waals surface area (Å²) >= 11 is 0. The van der Waals surface area contributed by atoms with Gasteiger partial charge in [-0.25, -0.2) is 4.98 Å². The Labute approximate surface area is 179 Å². The number of ether oxygens (including phenoxy) is 1. The van der Waals surface area contributed by atoms with E-state index < -0.39 is 0 Å². The minimum absolute atomic E-state index is 0.139. The third-order valence-corrected chi connectivity index (χ3v) is 4.84. The molecule has 0 saturated carbocycles. The number of carbonyl (C=O) groups excluding carboxylic acids is 1. The standard InChI is InChI=1S/C25H33N3O2/c1-8-21(29)30-19-11-9-10-18(15-19)22-23(27-25(6,7)16-24(3,4)5)28-13-12-17(2)14-20(28)26-22/h9-15,27H,8,16H2,1-7H3. The number of rotatable bonds is 6. The summed E-state index contributed by atoms with van der Waals surface area (Å²) in [6, 6.07) is 11.7. The molecule has 0 unspecified atom stereocenters. The number of imidazole rings is 1. The Morgan fingerprint density at radius 2 is 1.87 bits per heavy atom. The normalized spacial score (nSPS) is 12.2. The van der Waals surface area contributed by atoms with E-state index in [2.05, 4.69) is 69.6 Å². The van der Waals surface area contributed by atoms with Gasteiger partial charge in [0.2, 0.25) is 0 Å². The number of benzene rings is 1. The van der Waals surface area contributed by atoms with Crippen molar-refractivity contribution in [1.29, 1.82) is 0 Å². The van der Waals surface area contributed by atoms with Crippen molar-refractivity contribution in [2.45, 2.75) is 66.8 Å². The zero-order chi connectivity index (χ0) is 22.1. The maximum Gasteiger partial charge on any atom is 0.310 e. The Morgan fingerprint density at radius 3 is 2.53 bits per heavy atom. The monoisotopic (exact) mass is 407 g/mol. The van der Waals surface area contributed by atoms with Crippen molar-refractivity contribution >= 4 is 17.4 Å². The number of fused-ring (bicyclic) bond motifs is 1. The minimum atomic E-state index is -0.248. The van der Waals surface area contributed by atoms with Gasteiger partial charge in [-0.1, -0.05) is 39.8 Å². The Hall–Kier alpha value is -2.82. The molecule has 0 fully saturated rings. The van der Waals surface area contributed by atoms with Gasteiger partial charge in [0.15, 0.2) is 0 Å². The van der Waals surface area contributed by atoms with E-state index in [1.54, 1.807) is 13.0 Å². The molecule has 0 bridgehead atoms. The van der Waals surface area contributed by atoms with E-state index in [1.165, 1.54) is 0 Å². The van der Waals surface area contributed by atoms with Crippen LogP contribution in [-0.4, -0.2) is 20.9 Å². The van der Waals surface area contributed by atoms with Crippen molar-refractivity contribution in [2.75, 3.05) is 5.32 Å². The van der Waals surface area contributed by atoms with Crippen LogP contribution in [0.2, 0.25) is 0 Å². The highest BCUT2D eigenvalue weighted by Crippen LogP contribution is 2.35. The highest BCUT2D eigenvalue weighted by atomic mass is 16.5. The predicted octanol–water partition coefficient (Wildman–Crippen LogP) is 6.25. The van der Waals surface area contributed by atoms with Crippen LogP contribution in [0.3, 0.4) is 0 Å². The van der Waals surface area contributed by atoms with E-state index in [1.807, 2.05) is 18.2 Å². The van der Waals surface area contributed by atoms with Gasteiger partial charge in [0.05, 0.1) is 0 Å². The summed E-state index contributed by atoms with van der Waals surface area (Å²) in [5.74, 6) is 1.23. The molecule has 5 heteroatoms. The summed E-state index contributed by atoms with van der Waals surface area (Å²) in [5.41, 5.74) is 3.84. The third-order valence-electron chi connectivity index (χ3n) is 4.84. The van der Waals surface area contributed by atoms with Gasteiger partial charge in [-0.05, 0) is 62.4 Å². The summed E-state index contributed by atoms with van der Waals surface area (Å²) in [7, 11) is 0. The molecule has 160 valence electrons. The SMILES string of the molecule is CCC(=O)Oc1cccc(-c2nc3cc(C)ccn3c2NC(C)(C)CC(C)(C)C)c1. The van der Waals surface area contributed by atoms with Gasteiger partial charge in [0, 0.05) is 23.7 Å². The highest BCUT2D eigenvalue weighted by molar-refractivity contribution is 5.79. The van der Waals surface area contributed by atoms with Gasteiger partial charge in [0.1, 0.15) is 22.9 Å². The molecule has 1 aromatic carbocycles. The molecule has 5 nitrogen and oxygen atoms in total. The van der Waals surface area contributed by atoms with E-state index in [0.717, 1.165) is 34.7 Å². The number of nitrogens with zero attached hydrogens (tertiary/aromatic N) is 2. The van der Waals surface area contributed by atoms with E-state index >= 15 is 0 Å². The van der Waals surface area contributed by atoms with Gasteiger partial charge in [0.25, 0.3) is 0 Å². The average Bonchev–Trinajstić information content (AvgIpc) is 2.96. The number of pyridine rings is 1. The lowest BCUT2D eigenvalue weighted by Crippen LogP contribution is -2.36. The van der Waals surface area contributed by atoms with Crippen molar-refractivity contribution in [3.63, 3.8) is 0 Å². The topological polar surface area (TPSA) is 55.6 Å². The number of aromatic nitrogens is 2. The third kappa shape index (κ3) is 5.21. The molecule has 30 heavy (non-hydrogen) atoms. The number of hydrogen-bond acceptors (Lipinski definition) is 4. The Bertz CT molecular complexity index is 1060. The molecule has 0 aliphatic heterocycles. The Morgan fingerprint density at radius 1 is 1.13 bits per heavy atom.